The van der Waals surface area contributed by atoms with Gasteiger partial charge < -0.3 is 19.9 Å². The van der Waals surface area contributed by atoms with Crippen LogP contribution >= 0.6 is 0 Å². The summed E-state index contributed by atoms with van der Waals surface area (Å²) >= 11 is 0. The van der Waals surface area contributed by atoms with Crippen molar-refractivity contribution in [2.45, 2.75) is 76.3 Å². The number of carbonyl (C=O) groups excluding carboxylic acids is 2. The monoisotopic (exact) mass is 517 g/mol. The molecule has 1 aliphatic carbocycles. The van der Waals surface area contributed by atoms with E-state index in [0.29, 0.717) is 12.1 Å². The van der Waals surface area contributed by atoms with E-state index in [1.807, 2.05) is 48.5 Å². The maximum Gasteiger partial charge on any atom is 0.254 e. The van der Waals surface area contributed by atoms with Crippen LogP contribution < -0.4 is 10.1 Å². The highest BCUT2D eigenvalue weighted by molar-refractivity contribution is 6.01. The first-order valence-electron chi connectivity index (χ1n) is 14.6. The van der Waals surface area contributed by atoms with Crippen molar-refractivity contribution in [3.05, 3.63) is 65.2 Å². The molecule has 2 fully saturated rings. The first-order valence-corrected chi connectivity index (χ1v) is 14.6. The largest absolute Gasteiger partial charge is 0.497 e. The minimum absolute atomic E-state index is 0.0128. The minimum atomic E-state index is -0.449. The standard InChI is InChI=1S/C32H43N3O3/c1-23-17-21-34(22-18-23)20-8-19-33-31(36)29-27-11-6-7-12-28(27)32(37)35(25-9-4-3-5-10-25)30(29)24-13-15-26(38-2)16-14-24/h6-7,11-16,23,25,29-30H,3-5,8-10,17-22H2,1-2H3,(H,33,36)/t29-,30-/m1/s1. The van der Waals surface area contributed by atoms with Crippen LogP contribution in [0.1, 0.15) is 91.7 Å². The molecule has 2 atom stereocenters. The number of amides is 2. The molecule has 6 nitrogen and oxygen atoms in total. The fraction of sp³-hybridized carbons (Fsp3) is 0.562. The van der Waals surface area contributed by atoms with Gasteiger partial charge in [-0.3, -0.25) is 9.59 Å². The van der Waals surface area contributed by atoms with Gasteiger partial charge in [0.05, 0.1) is 19.1 Å². The third-order valence-corrected chi connectivity index (χ3v) is 8.91. The van der Waals surface area contributed by atoms with Crippen molar-refractivity contribution >= 4 is 11.8 Å². The molecule has 0 radical (unpaired) electrons. The van der Waals surface area contributed by atoms with Gasteiger partial charge in [-0.2, -0.15) is 0 Å². The molecule has 2 aliphatic heterocycles. The van der Waals surface area contributed by atoms with E-state index in [1.54, 1.807) is 7.11 Å². The molecule has 0 unspecified atom stereocenters. The van der Waals surface area contributed by atoms with Crippen LogP contribution in [0.15, 0.2) is 48.5 Å². The zero-order valence-corrected chi connectivity index (χ0v) is 23.0. The third-order valence-electron chi connectivity index (χ3n) is 8.91. The SMILES string of the molecule is COc1ccc([C@@H]2[C@H](C(=O)NCCCN3CCC(C)CC3)c3ccccc3C(=O)N2C2CCCCC2)cc1. The topological polar surface area (TPSA) is 61.9 Å². The van der Waals surface area contributed by atoms with E-state index in [9.17, 15) is 9.59 Å². The molecule has 6 heteroatoms. The van der Waals surface area contributed by atoms with E-state index >= 15 is 0 Å². The maximum atomic E-state index is 14.0. The van der Waals surface area contributed by atoms with Crippen LogP contribution in [-0.2, 0) is 4.79 Å². The van der Waals surface area contributed by atoms with E-state index in [-0.39, 0.29) is 23.9 Å². The van der Waals surface area contributed by atoms with Gasteiger partial charge in [-0.15, -0.1) is 0 Å². The van der Waals surface area contributed by atoms with Crippen molar-refractivity contribution in [2.24, 2.45) is 5.92 Å². The Morgan fingerprint density at radius 1 is 0.974 bits per heavy atom. The zero-order valence-electron chi connectivity index (χ0n) is 23.0. The highest BCUT2D eigenvalue weighted by atomic mass is 16.5. The highest BCUT2D eigenvalue weighted by Crippen LogP contribution is 2.46. The van der Waals surface area contributed by atoms with Gasteiger partial charge in [-0.05, 0) is 87.0 Å². The molecule has 0 spiro atoms. The lowest BCUT2D eigenvalue weighted by atomic mass is 9.77. The molecule has 0 bridgehead atoms. The van der Waals surface area contributed by atoms with Crippen LogP contribution in [0.5, 0.6) is 5.75 Å². The van der Waals surface area contributed by atoms with Crippen molar-refractivity contribution < 1.29 is 14.3 Å². The summed E-state index contributed by atoms with van der Waals surface area (Å²) in [5.74, 6) is 1.21. The van der Waals surface area contributed by atoms with Crippen LogP contribution in [0.4, 0.5) is 0 Å². The van der Waals surface area contributed by atoms with Crippen molar-refractivity contribution in [2.75, 3.05) is 33.3 Å². The first-order chi connectivity index (χ1) is 18.6. The predicted molar refractivity (Wildman–Crippen MR) is 150 cm³/mol. The Balaban J connectivity index is 1.41. The summed E-state index contributed by atoms with van der Waals surface area (Å²) in [6, 6.07) is 15.5. The quantitative estimate of drug-likeness (QED) is 0.467. The number of ether oxygens (including phenoxy) is 1. The zero-order chi connectivity index (χ0) is 26.5. The Kier molecular flexibility index (Phi) is 8.68. The van der Waals surface area contributed by atoms with Gasteiger partial charge in [0.25, 0.3) is 5.91 Å². The number of fused-ring (bicyclic) bond motifs is 1. The second-order valence-corrected chi connectivity index (χ2v) is 11.5. The Bertz CT molecular complexity index is 1090. The van der Waals surface area contributed by atoms with E-state index in [2.05, 4.69) is 22.0 Å². The van der Waals surface area contributed by atoms with Gasteiger partial charge in [0.2, 0.25) is 5.91 Å². The summed E-state index contributed by atoms with van der Waals surface area (Å²) in [7, 11) is 1.66. The molecule has 204 valence electrons. The Morgan fingerprint density at radius 2 is 1.68 bits per heavy atom. The number of nitrogens with zero attached hydrogens (tertiary/aromatic N) is 2. The Morgan fingerprint density at radius 3 is 2.39 bits per heavy atom. The molecule has 1 saturated carbocycles. The van der Waals surface area contributed by atoms with Crippen molar-refractivity contribution in [3.63, 3.8) is 0 Å². The normalized spacial score (nSPS) is 23.2. The number of benzene rings is 2. The van der Waals surface area contributed by atoms with E-state index < -0.39 is 5.92 Å². The molecule has 2 heterocycles. The minimum Gasteiger partial charge on any atom is -0.497 e. The van der Waals surface area contributed by atoms with Gasteiger partial charge in [0.1, 0.15) is 5.75 Å². The van der Waals surface area contributed by atoms with Crippen LogP contribution in [0.2, 0.25) is 0 Å². The molecular weight excluding hydrogens is 474 g/mol. The first kappa shape index (κ1) is 26.7. The maximum absolute atomic E-state index is 14.0. The second-order valence-electron chi connectivity index (χ2n) is 11.5. The number of hydrogen-bond acceptors (Lipinski definition) is 4. The summed E-state index contributed by atoms with van der Waals surface area (Å²) in [6.07, 6.45) is 8.90. The smallest absolute Gasteiger partial charge is 0.254 e. The van der Waals surface area contributed by atoms with Gasteiger partial charge in [0.15, 0.2) is 0 Å². The molecule has 2 amide bonds. The summed E-state index contributed by atoms with van der Waals surface area (Å²) in [4.78, 5) is 32.6. The molecule has 38 heavy (non-hydrogen) atoms. The average Bonchev–Trinajstić information content (AvgIpc) is 2.96. The molecule has 2 aromatic carbocycles. The molecular formula is C32H43N3O3. The number of rotatable bonds is 8. The summed E-state index contributed by atoms with van der Waals surface area (Å²) in [5, 5.41) is 3.27. The molecule has 1 N–H and O–H groups in total. The molecule has 2 aromatic rings. The van der Waals surface area contributed by atoms with Crippen molar-refractivity contribution in [1.29, 1.82) is 0 Å². The van der Waals surface area contributed by atoms with Crippen LogP contribution in [-0.4, -0.2) is 60.9 Å². The molecule has 3 aliphatic rings. The van der Waals surface area contributed by atoms with Gasteiger partial charge >= 0.3 is 0 Å². The van der Waals surface area contributed by atoms with Crippen LogP contribution in [0.3, 0.4) is 0 Å². The third kappa shape index (κ3) is 5.75. The van der Waals surface area contributed by atoms with Gasteiger partial charge in [0, 0.05) is 18.2 Å². The van der Waals surface area contributed by atoms with Crippen LogP contribution in [0.25, 0.3) is 0 Å². The highest BCUT2D eigenvalue weighted by Gasteiger charge is 2.46. The summed E-state index contributed by atoms with van der Waals surface area (Å²) in [6.45, 7) is 6.31. The van der Waals surface area contributed by atoms with Crippen molar-refractivity contribution in [1.82, 2.24) is 15.1 Å². The summed E-state index contributed by atoms with van der Waals surface area (Å²) in [5.41, 5.74) is 2.50. The fourth-order valence-electron chi connectivity index (χ4n) is 6.66. The lowest BCUT2D eigenvalue weighted by Gasteiger charge is -2.46. The number of hydrogen-bond donors (Lipinski definition) is 1. The lowest BCUT2D eigenvalue weighted by molar-refractivity contribution is -0.124. The molecule has 1 saturated heterocycles. The number of likely N-dealkylation sites (tertiary alicyclic amines) is 1. The number of nitrogens with one attached hydrogen (secondary N) is 1. The average molecular weight is 518 g/mol. The second kappa shape index (κ2) is 12.3. The lowest BCUT2D eigenvalue weighted by Crippen LogP contribution is -2.52. The van der Waals surface area contributed by atoms with Gasteiger partial charge in [-0.1, -0.05) is 56.5 Å². The Labute approximate surface area is 227 Å². The van der Waals surface area contributed by atoms with E-state index in [4.69, 9.17) is 4.74 Å². The number of piperidine rings is 1. The number of carbonyl (C=O) groups is 2. The van der Waals surface area contributed by atoms with E-state index in [1.165, 1.54) is 19.3 Å². The van der Waals surface area contributed by atoms with Crippen LogP contribution in [0, 0.1) is 5.92 Å². The predicted octanol–water partition coefficient (Wildman–Crippen LogP) is 5.55. The van der Waals surface area contributed by atoms with Gasteiger partial charge in [-0.25, -0.2) is 0 Å². The fourth-order valence-corrected chi connectivity index (χ4v) is 6.66. The molecule has 0 aromatic heterocycles. The summed E-state index contributed by atoms with van der Waals surface area (Å²) < 4.78 is 5.41. The molecule has 5 rings (SSSR count). The van der Waals surface area contributed by atoms with E-state index in [0.717, 1.165) is 74.5 Å². The van der Waals surface area contributed by atoms with Crippen molar-refractivity contribution in [3.8, 4) is 5.75 Å². The number of methoxy groups -OCH3 is 1. The Hall–Kier alpha value is -2.86.